The smallest absolute Gasteiger partial charge is 0.0317 e. The quantitative estimate of drug-likeness (QED) is 0.491. The van der Waals surface area contributed by atoms with E-state index in [1.165, 1.54) is 22.4 Å². The number of hydrogen-bond donors (Lipinski definition) is 1. The predicted molar refractivity (Wildman–Crippen MR) is 81.1 cm³/mol. The molecule has 94 valence electrons. The largest absolute Gasteiger partial charge is 0.399 e. The van der Waals surface area contributed by atoms with E-state index in [9.17, 15) is 0 Å². The van der Waals surface area contributed by atoms with Gasteiger partial charge in [-0.2, -0.15) is 0 Å². The van der Waals surface area contributed by atoms with Crippen molar-refractivity contribution in [2.45, 2.75) is 24.7 Å². The van der Waals surface area contributed by atoms with Gasteiger partial charge in [0.25, 0.3) is 0 Å². The Morgan fingerprint density at radius 1 is 1.06 bits per heavy atom. The Hall–Kier alpha value is -1.41. The molecule has 18 heavy (non-hydrogen) atoms. The van der Waals surface area contributed by atoms with E-state index < -0.39 is 0 Å². The van der Waals surface area contributed by atoms with Crippen LogP contribution in [-0.2, 0) is 6.42 Å². The second-order valence-corrected chi connectivity index (χ2v) is 5.60. The third-order valence-electron chi connectivity index (χ3n) is 2.91. The maximum atomic E-state index is 5.75. The van der Waals surface area contributed by atoms with Crippen LogP contribution in [0.25, 0.3) is 0 Å². The fourth-order valence-electron chi connectivity index (χ4n) is 1.94. The molecule has 0 saturated carbocycles. The van der Waals surface area contributed by atoms with Gasteiger partial charge in [-0.1, -0.05) is 30.3 Å². The van der Waals surface area contributed by atoms with Gasteiger partial charge in [0.1, 0.15) is 0 Å². The van der Waals surface area contributed by atoms with Gasteiger partial charge < -0.3 is 5.73 Å². The number of thioether (sulfide) groups is 1. The lowest BCUT2D eigenvalue weighted by molar-refractivity contribution is 0.933. The zero-order valence-electron chi connectivity index (χ0n) is 10.7. The zero-order valence-corrected chi connectivity index (χ0v) is 11.5. The maximum absolute atomic E-state index is 5.75. The van der Waals surface area contributed by atoms with Crippen LogP contribution in [0.1, 0.15) is 17.5 Å². The van der Waals surface area contributed by atoms with E-state index in [0.29, 0.717) is 0 Å². The highest BCUT2D eigenvalue weighted by Gasteiger charge is 1.99. The molecule has 0 heterocycles. The van der Waals surface area contributed by atoms with Crippen molar-refractivity contribution in [1.29, 1.82) is 0 Å². The van der Waals surface area contributed by atoms with Gasteiger partial charge in [-0.15, -0.1) is 11.8 Å². The number of hydrogen-bond acceptors (Lipinski definition) is 2. The van der Waals surface area contributed by atoms with Gasteiger partial charge in [0.05, 0.1) is 0 Å². The summed E-state index contributed by atoms with van der Waals surface area (Å²) in [6.45, 7) is 2.12. The number of benzene rings is 2. The van der Waals surface area contributed by atoms with Crippen LogP contribution >= 0.6 is 11.8 Å². The summed E-state index contributed by atoms with van der Waals surface area (Å²) >= 11 is 1.92. The average molecular weight is 257 g/mol. The molecule has 0 radical (unpaired) electrons. The molecular formula is C16H19NS. The Morgan fingerprint density at radius 2 is 1.83 bits per heavy atom. The maximum Gasteiger partial charge on any atom is 0.0317 e. The lowest BCUT2D eigenvalue weighted by Crippen LogP contribution is -1.90. The van der Waals surface area contributed by atoms with E-state index in [1.54, 1.807) is 0 Å². The molecule has 0 aliphatic rings. The van der Waals surface area contributed by atoms with Crippen molar-refractivity contribution in [2.75, 3.05) is 11.5 Å². The van der Waals surface area contributed by atoms with Gasteiger partial charge in [0.2, 0.25) is 0 Å². The Kier molecular flexibility index (Phi) is 4.71. The Labute approximate surface area is 113 Å². The first-order chi connectivity index (χ1) is 8.75. The molecule has 1 nitrogen and oxygen atoms in total. The van der Waals surface area contributed by atoms with Crippen LogP contribution < -0.4 is 5.73 Å². The summed E-state index contributed by atoms with van der Waals surface area (Å²) in [5.41, 5.74) is 9.30. The summed E-state index contributed by atoms with van der Waals surface area (Å²) in [7, 11) is 0. The van der Waals surface area contributed by atoms with Crippen molar-refractivity contribution < 1.29 is 0 Å². The minimum Gasteiger partial charge on any atom is -0.399 e. The highest BCUT2D eigenvalue weighted by atomic mass is 32.2. The number of anilines is 1. The Bertz CT molecular complexity index is 494. The molecule has 0 amide bonds. The van der Waals surface area contributed by atoms with Crippen LogP contribution in [0.5, 0.6) is 0 Å². The van der Waals surface area contributed by atoms with Crippen LogP contribution in [0, 0.1) is 6.92 Å². The van der Waals surface area contributed by atoms with Crippen molar-refractivity contribution in [3.63, 3.8) is 0 Å². The number of rotatable bonds is 5. The highest BCUT2D eigenvalue weighted by Crippen LogP contribution is 2.25. The molecule has 0 atom stereocenters. The van der Waals surface area contributed by atoms with Crippen molar-refractivity contribution >= 4 is 17.4 Å². The summed E-state index contributed by atoms with van der Waals surface area (Å²) in [5, 5.41) is 0. The number of nitrogen functional groups attached to an aromatic ring is 1. The van der Waals surface area contributed by atoms with Crippen molar-refractivity contribution in [3.8, 4) is 0 Å². The lowest BCUT2D eigenvalue weighted by Gasteiger charge is -2.06. The van der Waals surface area contributed by atoms with Crippen LogP contribution in [0.4, 0.5) is 5.69 Å². The highest BCUT2D eigenvalue weighted by molar-refractivity contribution is 7.99. The van der Waals surface area contributed by atoms with Crippen LogP contribution in [0.3, 0.4) is 0 Å². The van der Waals surface area contributed by atoms with Gasteiger partial charge in [0, 0.05) is 10.6 Å². The predicted octanol–water partition coefficient (Wildman–Crippen LogP) is 4.30. The monoisotopic (exact) mass is 257 g/mol. The molecule has 2 aromatic rings. The fraction of sp³-hybridized carbons (Fsp3) is 0.250. The Morgan fingerprint density at radius 3 is 2.56 bits per heavy atom. The van der Waals surface area contributed by atoms with Crippen molar-refractivity contribution in [1.82, 2.24) is 0 Å². The standard InChI is InChI=1S/C16H19NS/c1-13-12-15(17)9-10-16(13)18-11-5-8-14-6-3-2-4-7-14/h2-4,6-7,9-10,12H,5,8,11,17H2,1H3. The average Bonchev–Trinajstić information content (AvgIpc) is 2.38. The molecule has 0 aliphatic heterocycles. The van der Waals surface area contributed by atoms with E-state index in [2.05, 4.69) is 43.3 Å². The van der Waals surface area contributed by atoms with E-state index in [-0.39, 0.29) is 0 Å². The van der Waals surface area contributed by atoms with E-state index in [1.807, 2.05) is 23.9 Å². The molecule has 2 heteroatoms. The molecule has 0 unspecified atom stereocenters. The second kappa shape index (κ2) is 6.50. The van der Waals surface area contributed by atoms with Gasteiger partial charge in [0.15, 0.2) is 0 Å². The number of nitrogens with two attached hydrogens (primary N) is 1. The molecule has 0 spiro atoms. The third-order valence-corrected chi connectivity index (χ3v) is 4.17. The molecule has 2 N–H and O–H groups in total. The SMILES string of the molecule is Cc1cc(N)ccc1SCCCc1ccccc1. The first kappa shape index (κ1) is 13.0. The summed E-state index contributed by atoms with van der Waals surface area (Å²) in [6.07, 6.45) is 2.36. The lowest BCUT2D eigenvalue weighted by atomic mass is 10.1. The van der Waals surface area contributed by atoms with Gasteiger partial charge in [-0.3, -0.25) is 0 Å². The molecule has 0 aliphatic carbocycles. The van der Waals surface area contributed by atoms with Crippen LogP contribution in [-0.4, -0.2) is 5.75 Å². The van der Waals surface area contributed by atoms with Crippen LogP contribution in [0.15, 0.2) is 53.4 Å². The third kappa shape index (κ3) is 3.81. The van der Waals surface area contributed by atoms with E-state index in [4.69, 9.17) is 5.73 Å². The van der Waals surface area contributed by atoms with Crippen LogP contribution in [0.2, 0.25) is 0 Å². The molecule has 0 bridgehead atoms. The first-order valence-corrected chi connectivity index (χ1v) is 7.27. The summed E-state index contributed by atoms with van der Waals surface area (Å²) in [6, 6.07) is 16.8. The second-order valence-electron chi connectivity index (χ2n) is 4.46. The van der Waals surface area contributed by atoms with Crippen molar-refractivity contribution in [2.24, 2.45) is 0 Å². The first-order valence-electron chi connectivity index (χ1n) is 6.28. The zero-order chi connectivity index (χ0) is 12.8. The van der Waals surface area contributed by atoms with Gasteiger partial charge in [-0.05, 0) is 54.8 Å². The Balaban J connectivity index is 1.79. The van der Waals surface area contributed by atoms with E-state index in [0.717, 1.165) is 17.9 Å². The molecular weight excluding hydrogens is 238 g/mol. The normalized spacial score (nSPS) is 10.5. The molecule has 0 aromatic heterocycles. The molecule has 2 rings (SSSR count). The minimum absolute atomic E-state index is 0.848. The fourth-order valence-corrected chi connectivity index (χ4v) is 2.90. The minimum atomic E-state index is 0.848. The molecule has 0 saturated heterocycles. The van der Waals surface area contributed by atoms with E-state index >= 15 is 0 Å². The number of aryl methyl sites for hydroxylation is 2. The van der Waals surface area contributed by atoms with Gasteiger partial charge >= 0.3 is 0 Å². The summed E-state index contributed by atoms with van der Waals surface area (Å²) in [5.74, 6) is 1.15. The molecule has 2 aromatic carbocycles. The van der Waals surface area contributed by atoms with Gasteiger partial charge in [-0.25, -0.2) is 0 Å². The topological polar surface area (TPSA) is 26.0 Å². The summed E-state index contributed by atoms with van der Waals surface area (Å²) in [4.78, 5) is 1.34. The summed E-state index contributed by atoms with van der Waals surface area (Å²) < 4.78 is 0. The van der Waals surface area contributed by atoms with Crippen molar-refractivity contribution in [3.05, 3.63) is 59.7 Å². The molecule has 0 fully saturated rings.